The summed E-state index contributed by atoms with van der Waals surface area (Å²) in [5, 5.41) is 12.9. The van der Waals surface area contributed by atoms with Gasteiger partial charge >= 0.3 is 0 Å². The first kappa shape index (κ1) is 17.7. The van der Waals surface area contributed by atoms with E-state index in [1.165, 1.54) is 17.3 Å². The second-order valence-electron chi connectivity index (χ2n) is 6.42. The summed E-state index contributed by atoms with van der Waals surface area (Å²) in [5.41, 5.74) is 3.57. The van der Waals surface area contributed by atoms with Crippen LogP contribution < -0.4 is 14.8 Å². The lowest BCUT2D eigenvalue weighted by Crippen LogP contribution is -2.16. The Hall–Kier alpha value is -2.72. The molecule has 0 spiro atoms. The maximum Gasteiger partial charge on any atom is 0.225 e. The predicted octanol–water partition coefficient (Wildman–Crippen LogP) is 3.33. The van der Waals surface area contributed by atoms with Crippen LogP contribution in [0.5, 0.6) is 11.5 Å². The maximum absolute atomic E-state index is 12.2. The first-order valence-corrected chi connectivity index (χ1v) is 9.96. The number of carbonyl (C=O) groups excluding carboxylic acids is 1. The van der Waals surface area contributed by atoms with Gasteiger partial charge in [0.25, 0.3) is 0 Å². The number of ether oxygens (including phenoxy) is 2. The first-order valence-electron chi connectivity index (χ1n) is 8.98. The Balaban J connectivity index is 1.33. The van der Waals surface area contributed by atoms with Gasteiger partial charge in [0.15, 0.2) is 11.5 Å². The molecular weight excluding hydrogens is 362 g/mol. The number of carbonyl (C=O) groups is 1. The SMILES string of the molecule is N#Cc1cc2c(nc1SCCC(=O)Nc1ccc3c(c1)OCCO3)CCC2. The fourth-order valence-electron chi connectivity index (χ4n) is 3.23. The number of nitrogens with zero attached hydrogens (tertiary/aromatic N) is 2. The summed E-state index contributed by atoms with van der Waals surface area (Å²) >= 11 is 1.46. The number of hydrogen-bond donors (Lipinski definition) is 1. The lowest BCUT2D eigenvalue weighted by atomic mass is 10.2. The van der Waals surface area contributed by atoms with Crippen LogP contribution in [0, 0.1) is 11.3 Å². The van der Waals surface area contributed by atoms with Gasteiger partial charge in [-0.3, -0.25) is 4.79 Å². The van der Waals surface area contributed by atoms with Crippen LogP contribution in [0.4, 0.5) is 5.69 Å². The number of benzene rings is 1. The zero-order valence-corrected chi connectivity index (χ0v) is 15.6. The van der Waals surface area contributed by atoms with Gasteiger partial charge in [-0.1, -0.05) is 0 Å². The van der Waals surface area contributed by atoms with Gasteiger partial charge < -0.3 is 14.8 Å². The third-order valence-corrected chi connectivity index (χ3v) is 5.52. The molecule has 27 heavy (non-hydrogen) atoms. The molecule has 6 nitrogen and oxygen atoms in total. The first-order chi connectivity index (χ1) is 13.2. The van der Waals surface area contributed by atoms with E-state index in [2.05, 4.69) is 16.4 Å². The molecule has 1 aromatic heterocycles. The molecule has 0 radical (unpaired) electrons. The zero-order chi connectivity index (χ0) is 18.6. The third-order valence-electron chi connectivity index (χ3n) is 4.53. The third kappa shape index (κ3) is 4.01. The van der Waals surface area contributed by atoms with Crippen molar-refractivity contribution in [2.75, 3.05) is 24.3 Å². The minimum Gasteiger partial charge on any atom is -0.486 e. The van der Waals surface area contributed by atoms with E-state index in [-0.39, 0.29) is 5.91 Å². The van der Waals surface area contributed by atoms with Crippen LogP contribution >= 0.6 is 11.8 Å². The Morgan fingerprint density at radius 2 is 2.07 bits per heavy atom. The van der Waals surface area contributed by atoms with Crippen molar-refractivity contribution in [2.45, 2.75) is 30.7 Å². The van der Waals surface area contributed by atoms with Gasteiger partial charge in [0.2, 0.25) is 5.91 Å². The van der Waals surface area contributed by atoms with E-state index in [0.717, 1.165) is 30.0 Å². The number of pyridine rings is 1. The molecule has 138 valence electrons. The molecule has 1 aliphatic heterocycles. The van der Waals surface area contributed by atoms with Gasteiger partial charge in [0.1, 0.15) is 24.3 Å². The summed E-state index contributed by atoms with van der Waals surface area (Å²) in [6.45, 7) is 1.05. The molecule has 0 unspecified atom stereocenters. The molecule has 1 amide bonds. The van der Waals surface area contributed by atoms with Gasteiger partial charge in [-0.2, -0.15) is 5.26 Å². The number of rotatable bonds is 5. The minimum atomic E-state index is -0.0844. The van der Waals surface area contributed by atoms with E-state index in [0.29, 0.717) is 48.1 Å². The van der Waals surface area contributed by atoms with Gasteiger partial charge in [0.05, 0.1) is 5.56 Å². The Kier molecular flexibility index (Phi) is 5.16. The molecule has 0 saturated carbocycles. The van der Waals surface area contributed by atoms with Crippen LogP contribution in [-0.2, 0) is 17.6 Å². The van der Waals surface area contributed by atoms with Crippen molar-refractivity contribution < 1.29 is 14.3 Å². The molecule has 0 saturated heterocycles. The predicted molar refractivity (Wildman–Crippen MR) is 102 cm³/mol. The summed E-state index contributed by atoms with van der Waals surface area (Å²) in [4.78, 5) is 16.9. The summed E-state index contributed by atoms with van der Waals surface area (Å²) in [5.74, 6) is 1.83. The van der Waals surface area contributed by atoms with Crippen molar-refractivity contribution in [1.29, 1.82) is 5.26 Å². The molecule has 4 rings (SSSR count). The van der Waals surface area contributed by atoms with E-state index in [1.807, 2.05) is 6.07 Å². The van der Waals surface area contributed by atoms with Crippen LogP contribution in [0.1, 0.15) is 29.7 Å². The molecule has 7 heteroatoms. The second kappa shape index (κ2) is 7.89. The fraction of sp³-hybridized carbons (Fsp3) is 0.350. The summed E-state index contributed by atoms with van der Waals surface area (Å²) in [7, 11) is 0. The number of hydrogen-bond acceptors (Lipinski definition) is 6. The Morgan fingerprint density at radius 1 is 1.22 bits per heavy atom. The van der Waals surface area contributed by atoms with E-state index in [9.17, 15) is 10.1 Å². The van der Waals surface area contributed by atoms with Crippen LogP contribution in [-0.4, -0.2) is 29.9 Å². The average molecular weight is 381 g/mol. The highest BCUT2D eigenvalue weighted by atomic mass is 32.2. The van der Waals surface area contributed by atoms with Gasteiger partial charge in [-0.05, 0) is 43.0 Å². The van der Waals surface area contributed by atoms with E-state index in [1.54, 1.807) is 18.2 Å². The van der Waals surface area contributed by atoms with E-state index in [4.69, 9.17) is 9.47 Å². The van der Waals surface area contributed by atoms with Gasteiger partial charge in [-0.25, -0.2) is 4.98 Å². The van der Waals surface area contributed by atoms with E-state index < -0.39 is 0 Å². The van der Waals surface area contributed by atoms with Crippen molar-refractivity contribution in [1.82, 2.24) is 4.98 Å². The van der Waals surface area contributed by atoms with Crippen molar-refractivity contribution in [3.05, 3.63) is 41.1 Å². The number of fused-ring (bicyclic) bond motifs is 2. The normalized spacial score (nSPS) is 14.3. The zero-order valence-electron chi connectivity index (χ0n) is 14.8. The molecule has 0 atom stereocenters. The van der Waals surface area contributed by atoms with Gasteiger partial charge in [0, 0.05) is 29.6 Å². The quantitative estimate of drug-likeness (QED) is 0.800. The number of aryl methyl sites for hydroxylation is 2. The molecule has 2 heterocycles. The molecule has 0 bridgehead atoms. The van der Waals surface area contributed by atoms with Gasteiger partial charge in [-0.15, -0.1) is 11.8 Å². The number of nitriles is 1. The largest absolute Gasteiger partial charge is 0.486 e. The minimum absolute atomic E-state index is 0.0844. The Morgan fingerprint density at radius 3 is 2.93 bits per heavy atom. The molecular formula is C20H19N3O3S. The smallest absolute Gasteiger partial charge is 0.225 e. The average Bonchev–Trinajstić information content (AvgIpc) is 3.14. The van der Waals surface area contributed by atoms with Crippen molar-refractivity contribution in [2.24, 2.45) is 0 Å². The molecule has 1 aliphatic carbocycles. The number of aromatic nitrogens is 1. The molecule has 0 fully saturated rings. The lowest BCUT2D eigenvalue weighted by molar-refractivity contribution is -0.115. The molecule has 2 aliphatic rings. The monoisotopic (exact) mass is 381 g/mol. The summed E-state index contributed by atoms with van der Waals surface area (Å²) in [6, 6.07) is 9.55. The highest BCUT2D eigenvalue weighted by molar-refractivity contribution is 7.99. The Bertz CT molecular complexity index is 923. The lowest BCUT2D eigenvalue weighted by Gasteiger charge is -2.19. The highest BCUT2D eigenvalue weighted by Crippen LogP contribution is 2.33. The van der Waals surface area contributed by atoms with Crippen molar-refractivity contribution in [3.8, 4) is 17.6 Å². The van der Waals surface area contributed by atoms with Crippen molar-refractivity contribution in [3.63, 3.8) is 0 Å². The number of amides is 1. The summed E-state index contributed by atoms with van der Waals surface area (Å²) < 4.78 is 11.0. The number of thioether (sulfide) groups is 1. The van der Waals surface area contributed by atoms with Crippen molar-refractivity contribution >= 4 is 23.4 Å². The van der Waals surface area contributed by atoms with Crippen LogP contribution in [0.2, 0.25) is 0 Å². The second-order valence-corrected chi connectivity index (χ2v) is 7.50. The molecule has 1 aromatic carbocycles. The summed E-state index contributed by atoms with van der Waals surface area (Å²) in [6.07, 6.45) is 3.40. The van der Waals surface area contributed by atoms with Crippen LogP contribution in [0.15, 0.2) is 29.3 Å². The van der Waals surface area contributed by atoms with E-state index >= 15 is 0 Å². The fourth-order valence-corrected chi connectivity index (χ4v) is 4.14. The molecule has 2 aromatic rings. The Labute approximate surface area is 161 Å². The maximum atomic E-state index is 12.2. The highest BCUT2D eigenvalue weighted by Gasteiger charge is 2.17. The number of nitrogens with one attached hydrogen (secondary N) is 1. The topological polar surface area (TPSA) is 84.2 Å². The van der Waals surface area contributed by atoms with Crippen LogP contribution in [0.3, 0.4) is 0 Å². The van der Waals surface area contributed by atoms with Crippen LogP contribution in [0.25, 0.3) is 0 Å². The number of anilines is 1. The molecule has 1 N–H and O–H groups in total. The standard InChI is InChI=1S/C20H19N3O3S/c21-12-14-10-13-2-1-3-16(13)23-20(14)27-9-6-19(24)22-15-4-5-17-18(11-15)26-8-7-25-17/h4-5,10-11H,1-3,6-9H2,(H,22,24).